The molecule has 0 aromatic heterocycles. The quantitative estimate of drug-likeness (QED) is 0.455. The molecule has 0 saturated heterocycles. The Labute approximate surface area is 70.4 Å². The number of hydrogen-bond donors (Lipinski definition) is 3. The highest BCUT2D eigenvalue weighted by Gasteiger charge is 2.12. The van der Waals surface area contributed by atoms with Crippen LogP contribution in [0.2, 0.25) is 0 Å². The van der Waals surface area contributed by atoms with Crippen LogP contribution in [0.25, 0.3) is 0 Å². The van der Waals surface area contributed by atoms with Gasteiger partial charge in [0.15, 0.2) is 0 Å². The fourth-order valence-electron chi connectivity index (χ4n) is 0.857. The zero-order valence-corrected chi connectivity index (χ0v) is 6.67. The number of aliphatic hydroxyl groups excluding tert-OH is 1. The maximum atomic E-state index is 11.1. The van der Waals surface area contributed by atoms with E-state index in [0.717, 1.165) is 0 Å². The van der Waals surface area contributed by atoms with Crippen molar-refractivity contribution >= 4 is 5.97 Å². The lowest BCUT2D eigenvalue weighted by Gasteiger charge is -2.14. The highest BCUT2D eigenvalue weighted by atomic mass is 16.5. The van der Waals surface area contributed by atoms with Gasteiger partial charge in [-0.2, -0.15) is 0 Å². The van der Waals surface area contributed by atoms with Gasteiger partial charge in [-0.15, -0.1) is 0 Å². The molecular weight excluding hydrogens is 160 g/mol. The minimum absolute atomic E-state index is 0.0518. The fraction of sp³-hybridized carbons (Fsp3) is 0.571. The summed E-state index contributed by atoms with van der Waals surface area (Å²) in [7, 11) is 0. The molecular formula is C7H12N2O3. The number of carbonyl (C=O) groups excluding carboxylic acids is 1. The van der Waals surface area contributed by atoms with Gasteiger partial charge in [-0.05, 0) is 0 Å². The van der Waals surface area contributed by atoms with Crippen LogP contribution in [0.4, 0.5) is 0 Å². The Balaban J connectivity index is 2.35. The van der Waals surface area contributed by atoms with Crippen molar-refractivity contribution in [2.45, 2.75) is 0 Å². The van der Waals surface area contributed by atoms with E-state index in [0.29, 0.717) is 18.8 Å². The summed E-state index contributed by atoms with van der Waals surface area (Å²) < 4.78 is 4.69. The first kappa shape index (κ1) is 9.02. The number of carbonyl (C=O) groups is 1. The fourth-order valence-corrected chi connectivity index (χ4v) is 0.857. The van der Waals surface area contributed by atoms with Gasteiger partial charge in [0.2, 0.25) is 0 Å². The number of aliphatic hydroxyl groups is 1. The predicted octanol–water partition coefficient (Wildman–Crippen LogP) is -1.44. The van der Waals surface area contributed by atoms with E-state index in [1.165, 1.54) is 0 Å². The third-order valence-corrected chi connectivity index (χ3v) is 1.41. The van der Waals surface area contributed by atoms with E-state index in [2.05, 4.69) is 10.6 Å². The second kappa shape index (κ2) is 4.74. The van der Waals surface area contributed by atoms with Crippen molar-refractivity contribution in [1.29, 1.82) is 0 Å². The summed E-state index contributed by atoms with van der Waals surface area (Å²) in [6, 6.07) is 0. The summed E-state index contributed by atoms with van der Waals surface area (Å²) >= 11 is 0. The topological polar surface area (TPSA) is 70.6 Å². The Morgan fingerprint density at radius 3 is 3.17 bits per heavy atom. The van der Waals surface area contributed by atoms with Crippen molar-refractivity contribution in [2.75, 3.05) is 26.4 Å². The molecule has 12 heavy (non-hydrogen) atoms. The second-order valence-electron chi connectivity index (χ2n) is 2.34. The molecule has 1 heterocycles. The standard InChI is InChI=1S/C7H12N2O3/c10-1-2-12-7(11)6-3-8-5-9-4-6/h3,8-10H,1-2,4-5H2. The number of ether oxygens (including phenoxy) is 1. The van der Waals surface area contributed by atoms with Gasteiger partial charge < -0.3 is 15.2 Å². The second-order valence-corrected chi connectivity index (χ2v) is 2.34. The van der Waals surface area contributed by atoms with Crippen molar-refractivity contribution in [3.05, 3.63) is 11.8 Å². The predicted molar refractivity (Wildman–Crippen MR) is 42.1 cm³/mol. The maximum absolute atomic E-state index is 11.1. The van der Waals surface area contributed by atoms with Gasteiger partial charge in [-0.3, -0.25) is 5.32 Å². The third kappa shape index (κ3) is 2.52. The average Bonchev–Trinajstić information content (AvgIpc) is 2.15. The van der Waals surface area contributed by atoms with Crippen molar-refractivity contribution < 1.29 is 14.6 Å². The van der Waals surface area contributed by atoms with Crippen LogP contribution in [0, 0.1) is 0 Å². The van der Waals surface area contributed by atoms with Gasteiger partial charge in [-0.25, -0.2) is 4.79 Å². The molecule has 0 bridgehead atoms. The molecule has 68 valence electrons. The maximum Gasteiger partial charge on any atom is 0.336 e. The Kier molecular flexibility index (Phi) is 3.56. The molecule has 3 N–H and O–H groups in total. The van der Waals surface area contributed by atoms with Gasteiger partial charge >= 0.3 is 5.97 Å². The molecule has 0 fully saturated rings. The van der Waals surface area contributed by atoms with Crippen LogP contribution in [0.3, 0.4) is 0 Å². The molecule has 0 aromatic carbocycles. The Morgan fingerprint density at radius 2 is 2.58 bits per heavy atom. The smallest absolute Gasteiger partial charge is 0.336 e. The lowest BCUT2D eigenvalue weighted by atomic mass is 10.2. The Bertz CT molecular complexity index is 191. The lowest BCUT2D eigenvalue weighted by molar-refractivity contribution is -0.140. The number of esters is 1. The van der Waals surface area contributed by atoms with E-state index in [-0.39, 0.29) is 19.2 Å². The molecule has 0 amide bonds. The van der Waals surface area contributed by atoms with Gasteiger partial charge in [0.05, 0.1) is 18.8 Å². The van der Waals surface area contributed by atoms with E-state index < -0.39 is 0 Å². The van der Waals surface area contributed by atoms with Gasteiger partial charge in [-0.1, -0.05) is 0 Å². The molecule has 1 rings (SSSR count). The molecule has 0 saturated carbocycles. The van der Waals surface area contributed by atoms with Crippen molar-refractivity contribution in [3.8, 4) is 0 Å². The monoisotopic (exact) mass is 172 g/mol. The Morgan fingerprint density at radius 1 is 1.75 bits per heavy atom. The zero-order valence-electron chi connectivity index (χ0n) is 6.67. The molecule has 0 atom stereocenters. The van der Waals surface area contributed by atoms with Crippen LogP contribution >= 0.6 is 0 Å². The molecule has 0 radical (unpaired) electrons. The van der Waals surface area contributed by atoms with E-state index in [4.69, 9.17) is 9.84 Å². The zero-order chi connectivity index (χ0) is 8.81. The number of hydrogen-bond acceptors (Lipinski definition) is 5. The van der Waals surface area contributed by atoms with Crippen LogP contribution in [0.15, 0.2) is 11.8 Å². The van der Waals surface area contributed by atoms with E-state index in [1.54, 1.807) is 6.20 Å². The summed E-state index contributed by atoms with van der Waals surface area (Å²) in [4.78, 5) is 11.1. The normalized spacial score (nSPS) is 16.2. The van der Waals surface area contributed by atoms with E-state index in [1.807, 2.05) is 0 Å². The SMILES string of the molecule is O=C(OCCO)C1=CNCNC1. The highest BCUT2D eigenvalue weighted by Crippen LogP contribution is 1.97. The Hall–Kier alpha value is -1.07. The van der Waals surface area contributed by atoms with Crippen molar-refractivity contribution in [1.82, 2.24) is 10.6 Å². The number of nitrogens with one attached hydrogen (secondary N) is 2. The molecule has 0 unspecified atom stereocenters. The molecule has 0 spiro atoms. The molecule has 5 nitrogen and oxygen atoms in total. The van der Waals surface area contributed by atoms with Crippen LogP contribution in [0.5, 0.6) is 0 Å². The van der Waals surface area contributed by atoms with E-state index in [9.17, 15) is 4.79 Å². The van der Waals surface area contributed by atoms with Gasteiger partial charge in [0.1, 0.15) is 6.61 Å². The van der Waals surface area contributed by atoms with Crippen LogP contribution < -0.4 is 10.6 Å². The average molecular weight is 172 g/mol. The first-order valence-corrected chi connectivity index (χ1v) is 3.75. The summed E-state index contributed by atoms with van der Waals surface area (Å²) in [5.74, 6) is -0.385. The summed E-state index contributed by atoms with van der Waals surface area (Å²) in [6.45, 7) is 1.09. The lowest BCUT2D eigenvalue weighted by Crippen LogP contribution is -2.35. The minimum atomic E-state index is -0.385. The molecule has 1 aliphatic rings. The molecule has 0 aliphatic carbocycles. The minimum Gasteiger partial charge on any atom is -0.460 e. The number of rotatable bonds is 3. The first-order valence-electron chi connectivity index (χ1n) is 3.75. The van der Waals surface area contributed by atoms with Crippen LogP contribution in [-0.4, -0.2) is 37.5 Å². The largest absolute Gasteiger partial charge is 0.460 e. The summed E-state index contributed by atoms with van der Waals surface area (Å²) in [5.41, 5.74) is 0.551. The third-order valence-electron chi connectivity index (χ3n) is 1.41. The van der Waals surface area contributed by atoms with E-state index >= 15 is 0 Å². The van der Waals surface area contributed by atoms with Gasteiger partial charge in [0.25, 0.3) is 0 Å². The summed E-state index contributed by atoms with van der Waals surface area (Å²) in [6.07, 6.45) is 1.62. The molecule has 5 heteroatoms. The van der Waals surface area contributed by atoms with Crippen LogP contribution in [-0.2, 0) is 9.53 Å². The highest BCUT2D eigenvalue weighted by molar-refractivity contribution is 5.88. The van der Waals surface area contributed by atoms with Gasteiger partial charge in [0, 0.05) is 12.7 Å². The molecule has 1 aliphatic heterocycles. The van der Waals surface area contributed by atoms with Crippen molar-refractivity contribution in [3.63, 3.8) is 0 Å². The molecule has 0 aromatic rings. The van der Waals surface area contributed by atoms with Crippen molar-refractivity contribution in [2.24, 2.45) is 0 Å². The first-order chi connectivity index (χ1) is 5.84. The summed E-state index contributed by atoms with van der Waals surface area (Å²) in [5, 5.41) is 14.2. The van der Waals surface area contributed by atoms with Crippen LogP contribution in [0.1, 0.15) is 0 Å².